The Morgan fingerprint density at radius 2 is 1.83 bits per heavy atom. The maximum Gasteiger partial charge on any atom is 0.330 e. The molecule has 1 aliphatic carbocycles. The second kappa shape index (κ2) is 10.2. The van der Waals surface area contributed by atoms with Crippen LogP contribution in [0.5, 0.6) is 0 Å². The number of imidazole rings is 1. The second-order valence-electron chi connectivity index (χ2n) is 10.5. The summed E-state index contributed by atoms with van der Waals surface area (Å²) in [5.41, 5.74) is 3.16. The molecule has 4 rings (SSSR count). The van der Waals surface area contributed by atoms with Crippen LogP contribution in [0.15, 0.2) is 35.1 Å². The monoisotopic (exact) mass is 476 g/mol. The number of carbonyl (C=O) groups excluding carboxylic acids is 1. The Bertz CT molecular complexity index is 1270. The number of hydrogen-bond donors (Lipinski definition) is 1. The minimum Gasteiger partial charge on any atom is -0.463 e. The number of aromatic amines is 1. The molecule has 3 aromatic rings. The maximum atomic E-state index is 13.1. The number of carbonyl (C=O) groups is 1. The first-order valence-electron chi connectivity index (χ1n) is 12.7. The molecule has 186 valence electrons. The smallest absolute Gasteiger partial charge is 0.330 e. The number of rotatable bonds is 6. The fourth-order valence-corrected chi connectivity index (χ4v) is 5.06. The molecular weight excluding hydrogens is 440 g/mol. The zero-order valence-corrected chi connectivity index (χ0v) is 21.4. The number of aromatic nitrogens is 4. The Balaban J connectivity index is 1.65. The molecule has 1 N–H and O–H groups in total. The normalized spacial score (nSPS) is 18.9. The van der Waals surface area contributed by atoms with Crippen LogP contribution >= 0.6 is 0 Å². The fraction of sp³-hybridized carbons (Fsp3) is 0.500. The van der Waals surface area contributed by atoms with Crippen LogP contribution in [0.4, 0.5) is 0 Å². The van der Waals surface area contributed by atoms with E-state index < -0.39 is 0 Å². The maximum absolute atomic E-state index is 13.1. The summed E-state index contributed by atoms with van der Waals surface area (Å²) >= 11 is 0. The van der Waals surface area contributed by atoms with Crippen molar-refractivity contribution in [2.45, 2.75) is 72.6 Å². The van der Waals surface area contributed by atoms with Gasteiger partial charge in [-0.15, -0.1) is 5.10 Å². The highest BCUT2D eigenvalue weighted by molar-refractivity contribution is 5.87. The standard InChI is InChI=1S/C28H36N4O3/c1-6-22-24-27(34)30-25(19-11-8-18(9-12-19)10-17-23(33)35-7-2)31-32(24)26(29-22)20-13-15-21(16-14-20)28(3,4)5/h8-12,17,20-21H,6-7,13-16H2,1-5H3,(H,30,31,34)/b17-10+. The predicted molar refractivity (Wildman–Crippen MR) is 138 cm³/mol. The van der Waals surface area contributed by atoms with Crippen molar-refractivity contribution in [3.05, 3.63) is 57.8 Å². The number of ether oxygens (including phenoxy) is 1. The highest BCUT2D eigenvalue weighted by atomic mass is 16.5. The lowest BCUT2D eigenvalue weighted by Crippen LogP contribution is -2.26. The Morgan fingerprint density at radius 1 is 1.14 bits per heavy atom. The van der Waals surface area contributed by atoms with E-state index in [9.17, 15) is 9.59 Å². The lowest BCUT2D eigenvalue weighted by molar-refractivity contribution is -0.137. The SMILES string of the molecule is CCOC(=O)/C=C/c1ccc(-c2nn3c(C4CCC(C(C)(C)C)CC4)nc(CC)c3c(=O)[nH]2)cc1. The Labute approximate surface area is 206 Å². The number of hydrogen-bond acceptors (Lipinski definition) is 5. The van der Waals surface area contributed by atoms with Crippen molar-refractivity contribution in [2.24, 2.45) is 11.3 Å². The molecule has 0 atom stereocenters. The van der Waals surface area contributed by atoms with Crippen molar-refractivity contribution in [3.8, 4) is 11.4 Å². The fourth-order valence-electron chi connectivity index (χ4n) is 5.06. The van der Waals surface area contributed by atoms with Crippen LogP contribution in [0.25, 0.3) is 23.0 Å². The van der Waals surface area contributed by atoms with Crippen molar-refractivity contribution < 1.29 is 9.53 Å². The summed E-state index contributed by atoms with van der Waals surface area (Å²) in [6.45, 7) is 11.1. The topological polar surface area (TPSA) is 89.3 Å². The molecule has 1 saturated carbocycles. The van der Waals surface area contributed by atoms with Crippen molar-refractivity contribution in [1.82, 2.24) is 19.6 Å². The van der Waals surface area contributed by atoms with E-state index in [0.29, 0.717) is 41.6 Å². The van der Waals surface area contributed by atoms with E-state index >= 15 is 0 Å². The van der Waals surface area contributed by atoms with E-state index in [-0.39, 0.29) is 11.5 Å². The molecule has 1 fully saturated rings. The molecule has 0 bridgehead atoms. The summed E-state index contributed by atoms with van der Waals surface area (Å²) in [6.07, 6.45) is 8.26. The minimum absolute atomic E-state index is 0.166. The molecule has 2 heterocycles. The van der Waals surface area contributed by atoms with E-state index in [2.05, 4.69) is 25.8 Å². The quantitative estimate of drug-likeness (QED) is 0.372. The van der Waals surface area contributed by atoms with Gasteiger partial charge in [0.25, 0.3) is 5.56 Å². The van der Waals surface area contributed by atoms with E-state index in [1.165, 1.54) is 18.9 Å². The van der Waals surface area contributed by atoms with Crippen LogP contribution in [0.3, 0.4) is 0 Å². The average molecular weight is 477 g/mol. The highest BCUT2D eigenvalue weighted by Crippen LogP contribution is 2.43. The summed E-state index contributed by atoms with van der Waals surface area (Å²) in [5, 5.41) is 4.85. The van der Waals surface area contributed by atoms with Gasteiger partial charge in [0, 0.05) is 17.6 Å². The van der Waals surface area contributed by atoms with Gasteiger partial charge in [-0.1, -0.05) is 52.0 Å². The van der Waals surface area contributed by atoms with Gasteiger partial charge in [0.1, 0.15) is 5.82 Å². The number of H-pyrrole nitrogens is 1. The van der Waals surface area contributed by atoms with Crippen molar-refractivity contribution in [2.75, 3.05) is 6.61 Å². The average Bonchev–Trinajstić information content (AvgIpc) is 3.22. The van der Waals surface area contributed by atoms with Gasteiger partial charge >= 0.3 is 5.97 Å². The Hall–Kier alpha value is -3.22. The van der Waals surface area contributed by atoms with Crippen molar-refractivity contribution >= 4 is 17.6 Å². The molecule has 1 aliphatic rings. The van der Waals surface area contributed by atoms with Crippen LogP contribution in [-0.2, 0) is 16.0 Å². The van der Waals surface area contributed by atoms with Crippen LogP contribution in [-0.4, -0.2) is 32.2 Å². The molecule has 7 heteroatoms. The summed E-state index contributed by atoms with van der Waals surface area (Å²) in [5.74, 6) is 2.06. The summed E-state index contributed by atoms with van der Waals surface area (Å²) in [6, 6.07) is 7.55. The molecule has 0 unspecified atom stereocenters. The number of fused-ring (bicyclic) bond motifs is 1. The third-order valence-corrected chi connectivity index (χ3v) is 7.13. The van der Waals surface area contributed by atoms with Crippen LogP contribution in [0.1, 0.15) is 83.3 Å². The van der Waals surface area contributed by atoms with Crippen molar-refractivity contribution in [1.29, 1.82) is 0 Å². The number of nitrogens with zero attached hydrogens (tertiary/aromatic N) is 3. The predicted octanol–water partition coefficient (Wildman–Crippen LogP) is 5.54. The van der Waals surface area contributed by atoms with Crippen LogP contribution in [0.2, 0.25) is 0 Å². The molecule has 0 spiro atoms. The van der Waals surface area contributed by atoms with Gasteiger partial charge in [-0.3, -0.25) is 4.79 Å². The van der Waals surface area contributed by atoms with E-state index in [4.69, 9.17) is 14.8 Å². The second-order valence-corrected chi connectivity index (χ2v) is 10.5. The largest absolute Gasteiger partial charge is 0.463 e. The summed E-state index contributed by atoms with van der Waals surface area (Å²) in [4.78, 5) is 32.5. The molecule has 2 aromatic heterocycles. The van der Waals surface area contributed by atoms with Gasteiger partial charge in [0.2, 0.25) is 0 Å². The van der Waals surface area contributed by atoms with Crippen molar-refractivity contribution in [3.63, 3.8) is 0 Å². The lowest BCUT2D eigenvalue weighted by atomic mass is 9.70. The molecule has 0 saturated heterocycles. The highest BCUT2D eigenvalue weighted by Gasteiger charge is 2.32. The van der Waals surface area contributed by atoms with E-state index in [1.54, 1.807) is 17.5 Å². The first kappa shape index (κ1) is 24.9. The minimum atomic E-state index is -0.371. The molecule has 35 heavy (non-hydrogen) atoms. The summed E-state index contributed by atoms with van der Waals surface area (Å²) < 4.78 is 6.72. The molecule has 1 aromatic carbocycles. The Morgan fingerprint density at radius 3 is 2.43 bits per heavy atom. The van der Waals surface area contributed by atoms with Gasteiger partial charge in [0.15, 0.2) is 11.3 Å². The number of aryl methyl sites for hydroxylation is 1. The lowest BCUT2D eigenvalue weighted by Gasteiger charge is -2.36. The number of nitrogens with one attached hydrogen (secondary N) is 1. The third kappa shape index (κ3) is 5.39. The summed E-state index contributed by atoms with van der Waals surface area (Å²) in [7, 11) is 0. The Kier molecular flexibility index (Phi) is 7.24. The van der Waals surface area contributed by atoms with Gasteiger partial charge in [-0.2, -0.15) is 0 Å². The first-order chi connectivity index (χ1) is 16.7. The first-order valence-corrected chi connectivity index (χ1v) is 12.7. The van der Waals surface area contributed by atoms with Gasteiger partial charge in [0.05, 0.1) is 12.3 Å². The molecule has 0 aliphatic heterocycles. The van der Waals surface area contributed by atoms with E-state index in [0.717, 1.165) is 35.5 Å². The van der Waals surface area contributed by atoms with Gasteiger partial charge in [-0.05, 0) is 62.0 Å². The van der Waals surface area contributed by atoms with E-state index in [1.807, 2.05) is 31.2 Å². The number of benzene rings is 1. The third-order valence-electron chi connectivity index (χ3n) is 7.13. The van der Waals surface area contributed by atoms with Gasteiger partial charge < -0.3 is 9.72 Å². The number of esters is 1. The zero-order valence-electron chi connectivity index (χ0n) is 21.4. The zero-order chi connectivity index (χ0) is 25.2. The van der Waals surface area contributed by atoms with Crippen LogP contribution in [0, 0.1) is 11.3 Å². The van der Waals surface area contributed by atoms with Gasteiger partial charge in [-0.25, -0.2) is 14.3 Å². The molecule has 0 radical (unpaired) electrons. The molecular formula is C28H36N4O3. The van der Waals surface area contributed by atoms with Crippen LogP contribution < -0.4 is 5.56 Å². The molecule has 7 nitrogen and oxygen atoms in total. The molecule has 0 amide bonds.